The molecule has 0 aliphatic rings. The Morgan fingerprint density at radius 2 is 1.85 bits per heavy atom. The maximum atomic E-state index is 12.0. The summed E-state index contributed by atoms with van der Waals surface area (Å²) in [5, 5.41) is 2.74. The summed E-state index contributed by atoms with van der Waals surface area (Å²) < 4.78 is 26.6. The largest absolute Gasteiger partial charge is 0.357 e. The molecule has 1 aromatic heterocycles. The molecule has 2 N–H and O–H groups in total. The van der Waals surface area contributed by atoms with Crippen LogP contribution in [0.5, 0.6) is 0 Å². The molecule has 0 unspecified atom stereocenters. The van der Waals surface area contributed by atoms with Gasteiger partial charge in [0.15, 0.2) is 0 Å². The van der Waals surface area contributed by atoms with Crippen molar-refractivity contribution in [2.24, 2.45) is 0 Å². The van der Waals surface area contributed by atoms with Crippen molar-refractivity contribution in [3.05, 3.63) is 12.4 Å². The van der Waals surface area contributed by atoms with Crippen LogP contribution in [0.25, 0.3) is 0 Å². The summed E-state index contributed by atoms with van der Waals surface area (Å²) in [6.45, 7) is 7.12. The van der Waals surface area contributed by atoms with E-state index in [0.29, 0.717) is 19.0 Å². The average Bonchev–Trinajstić information content (AvgIpc) is 2.46. The minimum Gasteiger partial charge on any atom is -0.357 e. The first-order chi connectivity index (χ1) is 9.53. The van der Waals surface area contributed by atoms with E-state index in [0.717, 1.165) is 19.5 Å². The van der Waals surface area contributed by atoms with E-state index in [1.54, 1.807) is 7.05 Å². The van der Waals surface area contributed by atoms with Gasteiger partial charge >= 0.3 is 0 Å². The second-order valence-corrected chi connectivity index (χ2v) is 6.09. The smallest absolute Gasteiger partial charge is 0.243 e. The zero-order valence-electron chi connectivity index (χ0n) is 12.3. The number of hydrogen-bond donors (Lipinski definition) is 2. The predicted octanol–water partition coefficient (Wildman–Crippen LogP) is 0.529. The number of hydrogen-bond acceptors (Lipinski definition) is 6. The summed E-state index contributed by atoms with van der Waals surface area (Å²) in [6.07, 6.45) is 3.65. The SMILES string of the molecule is CCCN(CC)CCNS(=O)(=O)c1cnc(NC)nc1. The van der Waals surface area contributed by atoms with Gasteiger partial charge in [-0.15, -0.1) is 0 Å². The number of likely N-dealkylation sites (N-methyl/N-ethyl adjacent to an activating group) is 1. The van der Waals surface area contributed by atoms with E-state index in [-0.39, 0.29) is 4.90 Å². The van der Waals surface area contributed by atoms with Crippen LogP contribution in [0.3, 0.4) is 0 Å². The Bertz CT molecular complexity index is 489. The Kier molecular flexibility index (Phi) is 6.83. The van der Waals surface area contributed by atoms with E-state index in [9.17, 15) is 8.42 Å². The van der Waals surface area contributed by atoms with Gasteiger partial charge in [0.2, 0.25) is 16.0 Å². The molecule has 1 aromatic rings. The summed E-state index contributed by atoms with van der Waals surface area (Å²) in [5.74, 6) is 0.393. The van der Waals surface area contributed by atoms with Crippen LogP contribution in [0, 0.1) is 0 Å². The average molecular weight is 301 g/mol. The third-order valence-corrected chi connectivity index (χ3v) is 4.28. The number of nitrogens with one attached hydrogen (secondary N) is 2. The molecular weight excluding hydrogens is 278 g/mol. The zero-order chi connectivity index (χ0) is 15.0. The minimum absolute atomic E-state index is 0.0787. The fourth-order valence-corrected chi connectivity index (χ4v) is 2.66. The fraction of sp³-hybridized carbons (Fsp3) is 0.667. The van der Waals surface area contributed by atoms with Crippen LogP contribution in [0.4, 0.5) is 5.95 Å². The summed E-state index contributed by atoms with van der Waals surface area (Å²) >= 11 is 0. The van der Waals surface area contributed by atoms with Crippen molar-refractivity contribution in [3.63, 3.8) is 0 Å². The number of sulfonamides is 1. The van der Waals surface area contributed by atoms with Gasteiger partial charge in [0.1, 0.15) is 4.90 Å². The molecule has 0 aromatic carbocycles. The number of aromatic nitrogens is 2. The third-order valence-electron chi connectivity index (χ3n) is 2.87. The molecule has 0 saturated heterocycles. The van der Waals surface area contributed by atoms with Crippen molar-refractivity contribution in [2.75, 3.05) is 38.5 Å². The molecule has 0 radical (unpaired) electrons. The zero-order valence-corrected chi connectivity index (χ0v) is 13.1. The number of nitrogens with zero attached hydrogens (tertiary/aromatic N) is 3. The second kappa shape index (κ2) is 8.13. The molecule has 1 heterocycles. The van der Waals surface area contributed by atoms with Crippen LogP contribution in [0.2, 0.25) is 0 Å². The predicted molar refractivity (Wildman–Crippen MR) is 79.2 cm³/mol. The fourth-order valence-electron chi connectivity index (χ4n) is 1.75. The van der Waals surface area contributed by atoms with E-state index < -0.39 is 10.0 Å². The summed E-state index contributed by atoms with van der Waals surface area (Å²) in [4.78, 5) is 10.1. The first kappa shape index (κ1) is 16.8. The standard InChI is InChI=1S/C12H23N5O2S/c1-4-7-17(5-2)8-6-16-20(18,19)11-9-14-12(13-3)15-10-11/h9-10,16H,4-8H2,1-3H3,(H,13,14,15). The molecule has 0 saturated carbocycles. The van der Waals surface area contributed by atoms with Crippen molar-refractivity contribution in [2.45, 2.75) is 25.2 Å². The molecule has 0 amide bonds. The highest BCUT2D eigenvalue weighted by Crippen LogP contribution is 2.06. The Morgan fingerprint density at radius 3 is 2.35 bits per heavy atom. The molecule has 7 nitrogen and oxygen atoms in total. The quantitative estimate of drug-likeness (QED) is 0.692. The second-order valence-electron chi connectivity index (χ2n) is 4.32. The van der Waals surface area contributed by atoms with Crippen molar-refractivity contribution in [1.82, 2.24) is 19.6 Å². The normalized spacial score (nSPS) is 11.8. The van der Waals surface area contributed by atoms with Crippen LogP contribution in [-0.2, 0) is 10.0 Å². The van der Waals surface area contributed by atoms with Gasteiger partial charge in [-0.25, -0.2) is 23.1 Å². The Labute approximate surface area is 120 Å². The number of anilines is 1. The van der Waals surface area contributed by atoms with E-state index >= 15 is 0 Å². The lowest BCUT2D eigenvalue weighted by molar-refractivity contribution is 0.293. The van der Waals surface area contributed by atoms with Gasteiger partial charge in [0.25, 0.3) is 0 Å². The van der Waals surface area contributed by atoms with Gasteiger partial charge in [-0.1, -0.05) is 13.8 Å². The lowest BCUT2D eigenvalue weighted by Crippen LogP contribution is -2.35. The van der Waals surface area contributed by atoms with Crippen LogP contribution >= 0.6 is 0 Å². The van der Waals surface area contributed by atoms with Crippen LogP contribution in [-0.4, -0.2) is 56.5 Å². The molecule has 0 fully saturated rings. The van der Waals surface area contributed by atoms with Gasteiger partial charge in [0.05, 0.1) is 12.4 Å². The molecule has 0 spiro atoms. The highest BCUT2D eigenvalue weighted by Gasteiger charge is 2.15. The van der Waals surface area contributed by atoms with Gasteiger partial charge in [-0.3, -0.25) is 0 Å². The number of rotatable bonds is 9. The highest BCUT2D eigenvalue weighted by molar-refractivity contribution is 7.89. The first-order valence-corrected chi connectivity index (χ1v) is 8.23. The maximum absolute atomic E-state index is 12.0. The summed E-state index contributed by atoms with van der Waals surface area (Å²) in [5.41, 5.74) is 0. The van der Waals surface area contributed by atoms with Crippen molar-refractivity contribution in [1.29, 1.82) is 0 Å². The van der Waals surface area contributed by atoms with Gasteiger partial charge in [0, 0.05) is 20.1 Å². The third kappa shape index (κ3) is 5.03. The molecule has 1 rings (SSSR count). The molecule has 0 bridgehead atoms. The molecule has 20 heavy (non-hydrogen) atoms. The first-order valence-electron chi connectivity index (χ1n) is 6.75. The topological polar surface area (TPSA) is 87.2 Å². The van der Waals surface area contributed by atoms with Crippen LogP contribution in [0.1, 0.15) is 20.3 Å². The molecule has 114 valence electrons. The summed E-state index contributed by atoms with van der Waals surface area (Å²) in [6, 6.07) is 0. The van der Waals surface area contributed by atoms with E-state index in [2.05, 4.69) is 38.8 Å². The monoisotopic (exact) mass is 301 g/mol. The lowest BCUT2D eigenvalue weighted by atomic mass is 10.4. The van der Waals surface area contributed by atoms with E-state index in [1.807, 2.05) is 0 Å². The van der Waals surface area contributed by atoms with E-state index in [4.69, 9.17) is 0 Å². The van der Waals surface area contributed by atoms with Crippen molar-refractivity contribution < 1.29 is 8.42 Å². The van der Waals surface area contributed by atoms with Gasteiger partial charge in [-0.05, 0) is 19.5 Å². The molecular formula is C12H23N5O2S. The Hall–Kier alpha value is -1.25. The Balaban J connectivity index is 2.56. The lowest BCUT2D eigenvalue weighted by Gasteiger charge is -2.19. The van der Waals surface area contributed by atoms with Crippen molar-refractivity contribution >= 4 is 16.0 Å². The van der Waals surface area contributed by atoms with E-state index in [1.165, 1.54) is 12.4 Å². The molecule has 0 aliphatic heterocycles. The van der Waals surface area contributed by atoms with Gasteiger partial charge < -0.3 is 10.2 Å². The molecule has 0 atom stereocenters. The van der Waals surface area contributed by atoms with Gasteiger partial charge in [-0.2, -0.15) is 0 Å². The van der Waals surface area contributed by atoms with Crippen molar-refractivity contribution in [3.8, 4) is 0 Å². The molecule has 0 aliphatic carbocycles. The minimum atomic E-state index is -3.53. The highest BCUT2D eigenvalue weighted by atomic mass is 32.2. The van der Waals surface area contributed by atoms with Crippen LogP contribution < -0.4 is 10.0 Å². The maximum Gasteiger partial charge on any atom is 0.243 e. The summed E-state index contributed by atoms with van der Waals surface area (Å²) in [7, 11) is -1.86. The Morgan fingerprint density at radius 1 is 1.20 bits per heavy atom. The van der Waals surface area contributed by atoms with Crippen LogP contribution in [0.15, 0.2) is 17.3 Å². The molecule has 8 heteroatoms.